The molecule has 2 rings (SSSR count). The second-order valence-electron chi connectivity index (χ2n) is 4.24. The molecule has 2 unspecified atom stereocenters. The summed E-state index contributed by atoms with van der Waals surface area (Å²) in [6.45, 7) is 6.00. The van der Waals surface area contributed by atoms with E-state index in [4.69, 9.17) is 0 Å². The third-order valence-electron chi connectivity index (χ3n) is 3.57. The standard InChI is InChI=1S/C10H14O2/c1-6-5-8(12)9-7(11)3-4-10(6,9)2/h8-9,12H,1,3-5H2,2H3/t8?,9?,10-/m0/s1. The Kier molecular flexibility index (Phi) is 1.46. The molecule has 0 aromatic heterocycles. The fraction of sp³-hybridized carbons (Fsp3) is 0.700. The van der Waals surface area contributed by atoms with E-state index in [9.17, 15) is 9.90 Å². The highest BCUT2D eigenvalue weighted by atomic mass is 16.3. The Balaban J connectivity index is 2.41. The van der Waals surface area contributed by atoms with E-state index in [1.165, 1.54) is 0 Å². The van der Waals surface area contributed by atoms with Gasteiger partial charge in [0.15, 0.2) is 0 Å². The van der Waals surface area contributed by atoms with Crippen molar-refractivity contribution in [3.8, 4) is 0 Å². The third kappa shape index (κ3) is 0.761. The quantitative estimate of drug-likeness (QED) is 0.551. The van der Waals surface area contributed by atoms with E-state index in [1.54, 1.807) is 0 Å². The maximum absolute atomic E-state index is 11.4. The molecule has 3 atom stereocenters. The van der Waals surface area contributed by atoms with Gasteiger partial charge in [-0.3, -0.25) is 4.79 Å². The Labute approximate surface area is 72.3 Å². The van der Waals surface area contributed by atoms with Crippen molar-refractivity contribution >= 4 is 5.78 Å². The lowest BCUT2D eigenvalue weighted by atomic mass is 9.79. The minimum absolute atomic E-state index is 0.0868. The van der Waals surface area contributed by atoms with Crippen LogP contribution in [0.15, 0.2) is 12.2 Å². The van der Waals surface area contributed by atoms with E-state index in [-0.39, 0.29) is 17.1 Å². The Morgan fingerprint density at radius 1 is 1.67 bits per heavy atom. The van der Waals surface area contributed by atoms with Crippen LogP contribution >= 0.6 is 0 Å². The van der Waals surface area contributed by atoms with Gasteiger partial charge < -0.3 is 5.11 Å². The molecule has 2 nitrogen and oxygen atoms in total. The van der Waals surface area contributed by atoms with Crippen molar-refractivity contribution in [1.82, 2.24) is 0 Å². The van der Waals surface area contributed by atoms with Crippen molar-refractivity contribution in [3.63, 3.8) is 0 Å². The molecule has 66 valence electrons. The molecule has 2 aliphatic rings. The average molecular weight is 166 g/mol. The molecule has 1 N–H and O–H groups in total. The zero-order valence-electron chi connectivity index (χ0n) is 7.34. The summed E-state index contributed by atoms with van der Waals surface area (Å²) in [5.41, 5.74) is 0.974. The van der Waals surface area contributed by atoms with Gasteiger partial charge >= 0.3 is 0 Å². The number of aliphatic hydroxyl groups excluding tert-OH is 1. The number of aliphatic hydroxyl groups is 1. The molecule has 0 aliphatic heterocycles. The predicted molar refractivity (Wildman–Crippen MR) is 45.6 cm³/mol. The van der Waals surface area contributed by atoms with Crippen LogP contribution in [0.4, 0.5) is 0 Å². The molecule has 2 saturated carbocycles. The SMILES string of the molecule is C=C1CC(O)C2C(=O)CC[C@@]12C. The van der Waals surface area contributed by atoms with E-state index in [0.29, 0.717) is 12.8 Å². The van der Waals surface area contributed by atoms with Crippen LogP contribution in [-0.2, 0) is 4.79 Å². The molecule has 0 spiro atoms. The van der Waals surface area contributed by atoms with Crippen molar-refractivity contribution < 1.29 is 9.90 Å². The molecule has 0 radical (unpaired) electrons. The predicted octanol–water partition coefficient (Wildman–Crippen LogP) is 1.29. The Morgan fingerprint density at radius 3 is 2.92 bits per heavy atom. The highest BCUT2D eigenvalue weighted by molar-refractivity contribution is 5.86. The van der Waals surface area contributed by atoms with Gasteiger partial charge in [0.05, 0.1) is 12.0 Å². The summed E-state index contributed by atoms with van der Waals surface area (Å²) in [5.74, 6) is 0.0775. The fourth-order valence-corrected chi connectivity index (χ4v) is 2.69. The lowest BCUT2D eigenvalue weighted by molar-refractivity contribution is -0.124. The molecular formula is C10H14O2. The molecule has 0 saturated heterocycles. The van der Waals surface area contributed by atoms with Gasteiger partial charge in [-0.25, -0.2) is 0 Å². The van der Waals surface area contributed by atoms with Crippen molar-refractivity contribution in [2.75, 3.05) is 0 Å². The summed E-state index contributed by atoms with van der Waals surface area (Å²) in [7, 11) is 0. The number of carbonyl (C=O) groups is 1. The van der Waals surface area contributed by atoms with Crippen molar-refractivity contribution in [3.05, 3.63) is 12.2 Å². The molecule has 0 aromatic rings. The molecule has 0 aromatic carbocycles. The van der Waals surface area contributed by atoms with Gasteiger partial charge in [-0.2, -0.15) is 0 Å². The fourth-order valence-electron chi connectivity index (χ4n) is 2.69. The van der Waals surface area contributed by atoms with Crippen LogP contribution in [0.5, 0.6) is 0 Å². The molecular weight excluding hydrogens is 152 g/mol. The van der Waals surface area contributed by atoms with E-state index in [2.05, 4.69) is 13.5 Å². The molecule has 0 heterocycles. The first-order valence-electron chi connectivity index (χ1n) is 4.45. The topological polar surface area (TPSA) is 37.3 Å². The normalized spacial score (nSPS) is 46.8. The van der Waals surface area contributed by atoms with Crippen LogP contribution in [0.25, 0.3) is 0 Å². The lowest BCUT2D eigenvalue weighted by Gasteiger charge is -2.24. The zero-order chi connectivity index (χ0) is 8.93. The Bertz CT molecular complexity index is 257. The number of carbonyl (C=O) groups excluding carboxylic acids is 1. The maximum atomic E-state index is 11.4. The van der Waals surface area contributed by atoms with Gasteiger partial charge in [-0.15, -0.1) is 0 Å². The molecule has 12 heavy (non-hydrogen) atoms. The maximum Gasteiger partial charge on any atom is 0.139 e. The van der Waals surface area contributed by atoms with Crippen molar-refractivity contribution in [2.45, 2.75) is 32.3 Å². The first kappa shape index (κ1) is 7.99. The number of ketones is 1. The molecule has 2 fully saturated rings. The van der Waals surface area contributed by atoms with Crippen LogP contribution in [0.2, 0.25) is 0 Å². The zero-order valence-corrected chi connectivity index (χ0v) is 7.34. The van der Waals surface area contributed by atoms with Crippen molar-refractivity contribution in [2.24, 2.45) is 11.3 Å². The van der Waals surface area contributed by atoms with Crippen LogP contribution in [0.3, 0.4) is 0 Å². The van der Waals surface area contributed by atoms with E-state index >= 15 is 0 Å². The number of hydrogen-bond acceptors (Lipinski definition) is 2. The Morgan fingerprint density at radius 2 is 2.33 bits per heavy atom. The van der Waals surface area contributed by atoms with E-state index < -0.39 is 6.10 Å². The first-order chi connectivity index (χ1) is 5.55. The summed E-state index contributed by atoms with van der Waals surface area (Å²) in [5, 5.41) is 9.62. The van der Waals surface area contributed by atoms with E-state index in [1.807, 2.05) is 0 Å². The lowest BCUT2D eigenvalue weighted by Crippen LogP contribution is -2.27. The minimum Gasteiger partial charge on any atom is -0.392 e. The number of rotatable bonds is 0. The van der Waals surface area contributed by atoms with Crippen LogP contribution in [0, 0.1) is 11.3 Å². The summed E-state index contributed by atoms with van der Waals surface area (Å²) in [6.07, 6.45) is 1.66. The van der Waals surface area contributed by atoms with Gasteiger partial charge in [-0.05, 0) is 12.8 Å². The average Bonchev–Trinajstić information content (AvgIpc) is 2.38. The summed E-state index contributed by atoms with van der Waals surface area (Å²) in [6, 6.07) is 0. The van der Waals surface area contributed by atoms with Gasteiger partial charge in [0, 0.05) is 11.8 Å². The number of hydrogen-bond donors (Lipinski definition) is 1. The van der Waals surface area contributed by atoms with Gasteiger partial charge in [0.2, 0.25) is 0 Å². The van der Waals surface area contributed by atoms with Gasteiger partial charge in [0.25, 0.3) is 0 Å². The number of Topliss-reactive ketones (excluding diaryl/α,β-unsaturated/α-hetero) is 1. The second kappa shape index (κ2) is 2.19. The Hall–Kier alpha value is -0.630. The molecule has 2 aliphatic carbocycles. The highest BCUT2D eigenvalue weighted by Gasteiger charge is 2.54. The van der Waals surface area contributed by atoms with E-state index in [0.717, 1.165) is 12.0 Å². The minimum atomic E-state index is -0.461. The van der Waals surface area contributed by atoms with Crippen LogP contribution in [0.1, 0.15) is 26.2 Å². The summed E-state index contributed by atoms with van der Waals surface area (Å²) >= 11 is 0. The van der Waals surface area contributed by atoms with Gasteiger partial charge in [0.1, 0.15) is 5.78 Å². The summed E-state index contributed by atoms with van der Waals surface area (Å²) in [4.78, 5) is 11.4. The molecule has 2 heteroatoms. The molecule has 0 amide bonds. The first-order valence-corrected chi connectivity index (χ1v) is 4.45. The van der Waals surface area contributed by atoms with Crippen LogP contribution < -0.4 is 0 Å². The summed E-state index contributed by atoms with van der Waals surface area (Å²) < 4.78 is 0. The smallest absolute Gasteiger partial charge is 0.139 e. The third-order valence-corrected chi connectivity index (χ3v) is 3.57. The highest BCUT2D eigenvalue weighted by Crippen LogP contribution is 2.54. The van der Waals surface area contributed by atoms with Crippen molar-refractivity contribution in [1.29, 1.82) is 0 Å². The largest absolute Gasteiger partial charge is 0.392 e. The van der Waals surface area contributed by atoms with Gasteiger partial charge in [-0.1, -0.05) is 19.1 Å². The monoisotopic (exact) mass is 166 g/mol. The van der Waals surface area contributed by atoms with Crippen LogP contribution in [-0.4, -0.2) is 17.0 Å². The second-order valence-corrected chi connectivity index (χ2v) is 4.24. The number of fused-ring (bicyclic) bond motifs is 1. The molecule has 0 bridgehead atoms.